The van der Waals surface area contributed by atoms with Crippen LogP contribution in [0.2, 0.25) is 0 Å². The predicted molar refractivity (Wildman–Crippen MR) is 104 cm³/mol. The molecular weight excluding hydrogens is 354 g/mol. The van der Waals surface area contributed by atoms with Gasteiger partial charge in [-0.1, -0.05) is 0 Å². The smallest absolute Gasteiger partial charge is 0.231 e. The summed E-state index contributed by atoms with van der Waals surface area (Å²) < 4.78 is 2.06. The van der Waals surface area contributed by atoms with Crippen molar-refractivity contribution in [1.82, 2.24) is 24.3 Å². The molecule has 1 spiro atoms. The molecule has 2 aromatic heterocycles. The Morgan fingerprint density at radius 1 is 1.32 bits per heavy atom. The highest BCUT2D eigenvalue weighted by atomic mass is 16.2. The first-order valence-corrected chi connectivity index (χ1v) is 9.88. The Kier molecular flexibility index (Phi) is 4.69. The average Bonchev–Trinajstić information content (AvgIpc) is 3.37. The average molecular weight is 381 g/mol. The second-order valence-corrected chi connectivity index (χ2v) is 8.28. The molecule has 0 radical (unpaired) electrons. The van der Waals surface area contributed by atoms with E-state index in [0.717, 1.165) is 17.7 Å². The van der Waals surface area contributed by atoms with Crippen LogP contribution >= 0.6 is 0 Å². The van der Waals surface area contributed by atoms with Crippen LogP contribution in [-0.2, 0) is 16.1 Å². The van der Waals surface area contributed by atoms with E-state index in [0.29, 0.717) is 32.2 Å². The predicted octanol–water partition coefficient (Wildman–Crippen LogP) is 2.22. The normalized spacial score (nSPS) is 24.7. The Morgan fingerprint density at radius 2 is 2.07 bits per heavy atom. The Labute approximate surface area is 165 Å². The highest BCUT2D eigenvalue weighted by Crippen LogP contribution is 2.49. The van der Waals surface area contributed by atoms with Gasteiger partial charge in [0.15, 0.2) is 0 Å². The van der Waals surface area contributed by atoms with Crippen molar-refractivity contribution in [3.05, 3.63) is 48.3 Å². The number of carbonyl (C=O) groups excluding carboxylic acids is 2. The van der Waals surface area contributed by atoms with Crippen LogP contribution in [0.1, 0.15) is 50.4 Å². The summed E-state index contributed by atoms with van der Waals surface area (Å²) in [4.78, 5) is 38.1. The summed E-state index contributed by atoms with van der Waals surface area (Å²) in [5, 5.41) is 0. The maximum atomic E-state index is 13.6. The van der Waals surface area contributed by atoms with Gasteiger partial charge in [-0.25, -0.2) is 4.98 Å². The molecule has 2 fully saturated rings. The topological polar surface area (TPSA) is 71.3 Å². The standard InChI is InChI=1S/C21H27N5O2/c1-15(2)26-12-19(23-14-26)18-11-25(16(3)27)13-21(18)6-9-24(20(21)28)10-17-4-7-22-8-5-17/h4-5,7-8,12,14-15,18H,6,9-11,13H2,1-3H3/t18-,21+/m1/s1. The van der Waals surface area contributed by atoms with E-state index < -0.39 is 5.41 Å². The lowest BCUT2D eigenvalue weighted by Crippen LogP contribution is -2.40. The fourth-order valence-corrected chi connectivity index (χ4v) is 4.53. The van der Waals surface area contributed by atoms with Crippen molar-refractivity contribution in [2.24, 2.45) is 5.41 Å². The van der Waals surface area contributed by atoms with Crippen molar-refractivity contribution < 1.29 is 9.59 Å². The second kappa shape index (κ2) is 7.04. The number of amides is 2. The van der Waals surface area contributed by atoms with Crippen LogP contribution in [0.3, 0.4) is 0 Å². The van der Waals surface area contributed by atoms with Gasteiger partial charge >= 0.3 is 0 Å². The Morgan fingerprint density at radius 3 is 2.71 bits per heavy atom. The Balaban J connectivity index is 1.64. The molecule has 0 N–H and O–H groups in total. The molecule has 2 aliphatic rings. The molecule has 4 heterocycles. The molecule has 0 unspecified atom stereocenters. The highest BCUT2D eigenvalue weighted by Gasteiger charge is 2.58. The van der Waals surface area contributed by atoms with Crippen LogP contribution in [0.15, 0.2) is 37.1 Å². The van der Waals surface area contributed by atoms with Gasteiger partial charge < -0.3 is 14.4 Å². The number of likely N-dealkylation sites (tertiary alicyclic amines) is 2. The van der Waals surface area contributed by atoms with Crippen LogP contribution in [0.5, 0.6) is 0 Å². The van der Waals surface area contributed by atoms with Crippen LogP contribution in [0.25, 0.3) is 0 Å². The third-order valence-corrected chi connectivity index (χ3v) is 6.23. The molecule has 28 heavy (non-hydrogen) atoms. The molecule has 7 nitrogen and oxygen atoms in total. The maximum absolute atomic E-state index is 13.6. The molecule has 0 aromatic carbocycles. The molecule has 2 atom stereocenters. The number of rotatable bonds is 4. The zero-order chi connectivity index (χ0) is 19.9. The monoisotopic (exact) mass is 381 g/mol. The summed E-state index contributed by atoms with van der Waals surface area (Å²) in [5.74, 6) is 0.0917. The lowest BCUT2D eigenvalue weighted by atomic mass is 9.75. The van der Waals surface area contributed by atoms with Gasteiger partial charge in [-0.15, -0.1) is 0 Å². The minimum absolute atomic E-state index is 0.0190. The molecule has 2 saturated heterocycles. The third-order valence-electron chi connectivity index (χ3n) is 6.23. The van der Waals surface area contributed by atoms with E-state index in [1.54, 1.807) is 19.3 Å². The third kappa shape index (κ3) is 3.08. The molecule has 0 bridgehead atoms. The van der Waals surface area contributed by atoms with Crippen molar-refractivity contribution in [3.8, 4) is 0 Å². The molecule has 2 amide bonds. The van der Waals surface area contributed by atoms with Gasteiger partial charge in [-0.3, -0.25) is 14.6 Å². The Hall–Kier alpha value is -2.70. The van der Waals surface area contributed by atoms with Crippen molar-refractivity contribution >= 4 is 11.8 Å². The van der Waals surface area contributed by atoms with E-state index in [2.05, 4.69) is 28.4 Å². The van der Waals surface area contributed by atoms with Gasteiger partial charge in [0.2, 0.25) is 11.8 Å². The summed E-state index contributed by atoms with van der Waals surface area (Å²) in [6.45, 7) is 8.11. The van der Waals surface area contributed by atoms with Crippen molar-refractivity contribution in [2.45, 2.75) is 45.7 Å². The summed E-state index contributed by atoms with van der Waals surface area (Å²) in [7, 11) is 0. The van der Waals surface area contributed by atoms with Crippen LogP contribution < -0.4 is 0 Å². The molecule has 2 aliphatic heterocycles. The molecular formula is C21H27N5O2. The summed E-state index contributed by atoms with van der Waals surface area (Å²) in [6.07, 6.45) is 8.12. The minimum atomic E-state index is -0.575. The molecule has 7 heteroatoms. The SMILES string of the molecule is CC(=O)N1C[C@H](c2cn(C(C)C)cn2)[C@]2(CCN(Cc3ccncc3)C2=O)C1. The number of hydrogen-bond donors (Lipinski definition) is 0. The first-order chi connectivity index (χ1) is 13.4. The number of nitrogens with zero attached hydrogens (tertiary/aromatic N) is 5. The first kappa shape index (κ1) is 18.7. The van der Waals surface area contributed by atoms with E-state index in [9.17, 15) is 9.59 Å². The van der Waals surface area contributed by atoms with Crippen molar-refractivity contribution in [1.29, 1.82) is 0 Å². The van der Waals surface area contributed by atoms with Crippen molar-refractivity contribution in [2.75, 3.05) is 19.6 Å². The van der Waals surface area contributed by atoms with Crippen LogP contribution in [0, 0.1) is 5.41 Å². The fraction of sp³-hybridized carbons (Fsp3) is 0.524. The van der Waals surface area contributed by atoms with Crippen molar-refractivity contribution in [3.63, 3.8) is 0 Å². The molecule has 0 saturated carbocycles. The zero-order valence-electron chi connectivity index (χ0n) is 16.7. The summed E-state index contributed by atoms with van der Waals surface area (Å²) >= 11 is 0. The number of aromatic nitrogens is 3. The van der Waals surface area contributed by atoms with E-state index in [1.807, 2.05) is 34.5 Å². The summed E-state index contributed by atoms with van der Waals surface area (Å²) in [6, 6.07) is 4.19. The van der Waals surface area contributed by atoms with Gasteiger partial charge in [-0.2, -0.15) is 0 Å². The number of imidazole rings is 1. The lowest BCUT2D eigenvalue weighted by molar-refractivity contribution is -0.137. The molecule has 2 aromatic rings. The van der Waals surface area contributed by atoms with Gasteiger partial charge in [0.05, 0.1) is 17.4 Å². The van der Waals surface area contributed by atoms with Gasteiger partial charge in [0, 0.05) is 63.7 Å². The largest absolute Gasteiger partial charge is 0.341 e. The van der Waals surface area contributed by atoms with E-state index in [4.69, 9.17) is 0 Å². The van der Waals surface area contributed by atoms with Gasteiger partial charge in [-0.05, 0) is 38.0 Å². The molecule has 4 rings (SSSR count). The van der Waals surface area contributed by atoms with Crippen LogP contribution in [-0.4, -0.2) is 55.8 Å². The fourth-order valence-electron chi connectivity index (χ4n) is 4.53. The zero-order valence-corrected chi connectivity index (χ0v) is 16.7. The number of hydrogen-bond acceptors (Lipinski definition) is 4. The first-order valence-electron chi connectivity index (χ1n) is 9.88. The Bertz CT molecular complexity index is 878. The summed E-state index contributed by atoms with van der Waals surface area (Å²) in [5.41, 5.74) is 1.41. The van der Waals surface area contributed by atoms with Gasteiger partial charge in [0.25, 0.3) is 0 Å². The quantitative estimate of drug-likeness (QED) is 0.814. The van der Waals surface area contributed by atoms with Crippen LogP contribution in [0.4, 0.5) is 0 Å². The highest BCUT2D eigenvalue weighted by molar-refractivity contribution is 5.88. The number of pyridine rings is 1. The second-order valence-electron chi connectivity index (χ2n) is 8.28. The van der Waals surface area contributed by atoms with E-state index in [-0.39, 0.29) is 17.7 Å². The van der Waals surface area contributed by atoms with E-state index >= 15 is 0 Å². The lowest BCUT2D eigenvalue weighted by Gasteiger charge is -2.27. The molecule has 0 aliphatic carbocycles. The van der Waals surface area contributed by atoms with Gasteiger partial charge in [0.1, 0.15) is 0 Å². The minimum Gasteiger partial charge on any atom is -0.341 e. The number of carbonyl (C=O) groups is 2. The van der Waals surface area contributed by atoms with E-state index in [1.165, 1.54) is 0 Å². The molecule has 148 valence electrons. The maximum Gasteiger partial charge on any atom is 0.231 e.